The summed E-state index contributed by atoms with van der Waals surface area (Å²) in [6, 6.07) is 1.81. The lowest BCUT2D eigenvalue weighted by molar-refractivity contribution is -0.141. The molecule has 1 aromatic heterocycles. The van der Waals surface area contributed by atoms with E-state index in [1.54, 1.807) is 28.0 Å². The Morgan fingerprint density at radius 2 is 2.29 bits per heavy atom. The zero-order valence-electron chi connectivity index (χ0n) is 9.45. The highest BCUT2D eigenvalue weighted by Gasteiger charge is 2.30. The molecule has 0 spiro atoms. The average molecular weight is 237 g/mol. The molecule has 0 bridgehead atoms. The maximum Gasteiger partial charge on any atom is 0.308 e. The van der Waals surface area contributed by atoms with Crippen LogP contribution in [-0.4, -0.2) is 44.8 Å². The number of hydrogen-bond donors (Lipinski definition) is 1. The number of carbonyl (C=O) groups excluding carboxylic acids is 1. The Balaban J connectivity index is 1.79. The molecule has 6 nitrogen and oxygen atoms in total. The Kier molecular flexibility index (Phi) is 3.41. The van der Waals surface area contributed by atoms with E-state index in [1.807, 2.05) is 0 Å². The van der Waals surface area contributed by atoms with Gasteiger partial charge in [-0.1, -0.05) is 0 Å². The molecule has 1 aliphatic heterocycles. The van der Waals surface area contributed by atoms with Gasteiger partial charge in [0.15, 0.2) is 0 Å². The van der Waals surface area contributed by atoms with Gasteiger partial charge in [-0.05, 0) is 12.5 Å². The van der Waals surface area contributed by atoms with Crippen LogP contribution in [0.4, 0.5) is 0 Å². The van der Waals surface area contributed by atoms with Crippen LogP contribution in [0.3, 0.4) is 0 Å². The van der Waals surface area contributed by atoms with Crippen LogP contribution >= 0.6 is 0 Å². The number of carbonyl (C=O) groups is 2. The Bertz CT molecular complexity index is 402. The predicted octanol–water partition coefficient (Wildman–Crippen LogP) is 0.206. The van der Waals surface area contributed by atoms with Crippen LogP contribution in [-0.2, 0) is 16.1 Å². The van der Waals surface area contributed by atoms with Crippen LogP contribution in [0.5, 0.6) is 0 Å². The Morgan fingerprint density at radius 1 is 1.47 bits per heavy atom. The van der Waals surface area contributed by atoms with E-state index in [1.165, 1.54) is 0 Å². The van der Waals surface area contributed by atoms with Crippen molar-refractivity contribution >= 4 is 11.9 Å². The van der Waals surface area contributed by atoms with E-state index in [9.17, 15) is 9.59 Å². The number of aromatic nitrogens is 2. The van der Waals surface area contributed by atoms with Crippen molar-refractivity contribution in [3.8, 4) is 0 Å². The first-order chi connectivity index (χ1) is 8.16. The predicted molar refractivity (Wildman–Crippen MR) is 59.2 cm³/mol. The van der Waals surface area contributed by atoms with Gasteiger partial charge in [0.25, 0.3) is 0 Å². The minimum atomic E-state index is -0.813. The molecule has 92 valence electrons. The maximum absolute atomic E-state index is 11.8. The van der Waals surface area contributed by atoms with E-state index in [4.69, 9.17) is 5.11 Å². The number of hydrogen-bond acceptors (Lipinski definition) is 3. The van der Waals surface area contributed by atoms with Gasteiger partial charge in [0.1, 0.15) is 0 Å². The molecule has 0 aromatic carbocycles. The fraction of sp³-hybridized carbons (Fsp3) is 0.545. The van der Waals surface area contributed by atoms with Gasteiger partial charge < -0.3 is 10.0 Å². The molecule has 1 saturated heterocycles. The number of amides is 1. The highest BCUT2D eigenvalue weighted by atomic mass is 16.4. The van der Waals surface area contributed by atoms with Gasteiger partial charge >= 0.3 is 5.97 Å². The first-order valence-electron chi connectivity index (χ1n) is 5.65. The summed E-state index contributed by atoms with van der Waals surface area (Å²) in [6.07, 6.45) is 4.40. The molecule has 1 N–H and O–H groups in total. The maximum atomic E-state index is 11.8. The lowest BCUT2D eigenvalue weighted by Gasteiger charge is -2.15. The van der Waals surface area contributed by atoms with Crippen LogP contribution in [0.2, 0.25) is 0 Å². The second-order valence-electron chi connectivity index (χ2n) is 4.18. The summed E-state index contributed by atoms with van der Waals surface area (Å²) in [7, 11) is 0. The van der Waals surface area contributed by atoms with Gasteiger partial charge in [0, 0.05) is 38.4 Å². The van der Waals surface area contributed by atoms with Gasteiger partial charge in [0.2, 0.25) is 5.91 Å². The molecule has 1 fully saturated rings. The molecule has 1 aromatic rings. The van der Waals surface area contributed by atoms with Crippen molar-refractivity contribution in [3.05, 3.63) is 18.5 Å². The van der Waals surface area contributed by atoms with Crippen LogP contribution in [0.15, 0.2) is 18.5 Å². The van der Waals surface area contributed by atoms with E-state index in [-0.39, 0.29) is 5.91 Å². The standard InChI is InChI=1S/C11H15N3O3/c15-10(3-7-14-5-1-4-12-14)13-6-2-9(8-13)11(16)17/h1,4-5,9H,2-3,6-8H2,(H,16,17). The average Bonchev–Trinajstić information content (AvgIpc) is 2.96. The van der Waals surface area contributed by atoms with E-state index in [2.05, 4.69) is 5.10 Å². The van der Waals surface area contributed by atoms with Gasteiger partial charge in [0.05, 0.1) is 5.92 Å². The molecule has 0 saturated carbocycles. The van der Waals surface area contributed by atoms with E-state index >= 15 is 0 Å². The monoisotopic (exact) mass is 237 g/mol. The third kappa shape index (κ3) is 2.83. The molecule has 1 unspecified atom stereocenters. The van der Waals surface area contributed by atoms with Gasteiger partial charge in [-0.25, -0.2) is 0 Å². The van der Waals surface area contributed by atoms with Crippen molar-refractivity contribution in [1.29, 1.82) is 0 Å². The van der Waals surface area contributed by atoms with Crippen LogP contribution in [0.1, 0.15) is 12.8 Å². The molecular formula is C11H15N3O3. The molecular weight excluding hydrogens is 222 g/mol. The second-order valence-corrected chi connectivity index (χ2v) is 4.18. The first kappa shape index (κ1) is 11.6. The van der Waals surface area contributed by atoms with Crippen LogP contribution < -0.4 is 0 Å². The lowest BCUT2D eigenvalue weighted by atomic mass is 10.1. The molecule has 1 amide bonds. The number of rotatable bonds is 4. The molecule has 1 atom stereocenters. The third-order valence-electron chi connectivity index (χ3n) is 3.00. The molecule has 6 heteroatoms. The number of aryl methyl sites for hydroxylation is 1. The van der Waals surface area contributed by atoms with Crippen molar-refractivity contribution in [2.24, 2.45) is 5.92 Å². The van der Waals surface area contributed by atoms with Crippen molar-refractivity contribution in [2.45, 2.75) is 19.4 Å². The summed E-state index contributed by atoms with van der Waals surface area (Å²) in [5.41, 5.74) is 0. The fourth-order valence-electron chi connectivity index (χ4n) is 1.99. The first-order valence-corrected chi connectivity index (χ1v) is 5.65. The smallest absolute Gasteiger partial charge is 0.308 e. The van der Waals surface area contributed by atoms with Gasteiger partial charge in [-0.2, -0.15) is 5.10 Å². The van der Waals surface area contributed by atoms with Crippen molar-refractivity contribution in [1.82, 2.24) is 14.7 Å². The summed E-state index contributed by atoms with van der Waals surface area (Å²) in [5.74, 6) is -1.21. The van der Waals surface area contributed by atoms with E-state index in [0.29, 0.717) is 32.5 Å². The topological polar surface area (TPSA) is 75.4 Å². The quantitative estimate of drug-likeness (QED) is 0.812. The highest BCUT2D eigenvalue weighted by molar-refractivity contribution is 5.78. The summed E-state index contributed by atoms with van der Waals surface area (Å²) in [5, 5.41) is 12.9. The summed E-state index contributed by atoms with van der Waals surface area (Å²) in [6.45, 7) is 1.43. The third-order valence-corrected chi connectivity index (χ3v) is 3.00. The van der Waals surface area contributed by atoms with Crippen LogP contribution in [0.25, 0.3) is 0 Å². The normalized spacial score (nSPS) is 19.5. The van der Waals surface area contributed by atoms with Crippen molar-refractivity contribution in [3.63, 3.8) is 0 Å². The number of nitrogens with zero attached hydrogens (tertiary/aromatic N) is 3. The summed E-state index contributed by atoms with van der Waals surface area (Å²) >= 11 is 0. The summed E-state index contributed by atoms with van der Waals surface area (Å²) in [4.78, 5) is 24.2. The Morgan fingerprint density at radius 3 is 2.88 bits per heavy atom. The minimum absolute atomic E-state index is 0.00394. The Hall–Kier alpha value is -1.85. The molecule has 2 rings (SSSR count). The zero-order valence-corrected chi connectivity index (χ0v) is 9.45. The number of likely N-dealkylation sites (tertiary alicyclic amines) is 1. The van der Waals surface area contributed by atoms with E-state index in [0.717, 1.165) is 0 Å². The largest absolute Gasteiger partial charge is 0.481 e. The summed E-state index contributed by atoms with van der Waals surface area (Å²) < 4.78 is 1.70. The fourth-order valence-corrected chi connectivity index (χ4v) is 1.99. The van der Waals surface area contributed by atoms with Gasteiger partial charge in [-0.15, -0.1) is 0 Å². The molecule has 2 heterocycles. The lowest BCUT2D eigenvalue weighted by Crippen LogP contribution is -2.30. The number of carboxylic acid groups (broad SMARTS) is 1. The molecule has 0 radical (unpaired) electrons. The van der Waals surface area contributed by atoms with Crippen molar-refractivity contribution < 1.29 is 14.7 Å². The zero-order chi connectivity index (χ0) is 12.3. The highest BCUT2D eigenvalue weighted by Crippen LogP contribution is 2.17. The van der Waals surface area contributed by atoms with E-state index < -0.39 is 11.9 Å². The van der Waals surface area contributed by atoms with Crippen molar-refractivity contribution in [2.75, 3.05) is 13.1 Å². The molecule has 17 heavy (non-hydrogen) atoms. The Labute approximate surface area is 98.8 Å². The molecule has 1 aliphatic rings. The number of carboxylic acids is 1. The second kappa shape index (κ2) is 4.99. The SMILES string of the molecule is O=C(O)C1CCN(C(=O)CCn2cccn2)C1. The number of aliphatic carboxylic acids is 1. The van der Waals surface area contributed by atoms with Crippen LogP contribution in [0, 0.1) is 5.92 Å². The molecule has 0 aliphatic carbocycles. The minimum Gasteiger partial charge on any atom is -0.481 e. The van der Waals surface area contributed by atoms with Gasteiger partial charge in [-0.3, -0.25) is 14.3 Å².